The molecular formula is C22H19N3O2. The van der Waals surface area contributed by atoms with E-state index in [1.54, 1.807) is 24.3 Å². The second-order valence-electron chi connectivity index (χ2n) is 6.27. The Morgan fingerprint density at radius 2 is 1.63 bits per heavy atom. The molecule has 2 N–H and O–H groups in total. The van der Waals surface area contributed by atoms with Crippen LogP contribution in [0.25, 0.3) is 22.4 Å². The topological polar surface area (TPSA) is 89.0 Å². The summed E-state index contributed by atoms with van der Waals surface area (Å²) in [5, 5.41) is 9.62. The van der Waals surface area contributed by atoms with Gasteiger partial charge in [-0.3, -0.25) is 0 Å². The zero-order chi connectivity index (χ0) is 19.6. The first-order valence-electron chi connectivity index (χ1n) is 8.42. The molecule has 0 unspecified atom stereocenters. The van der Waals surface area contributed by atoms with Crippen LogP contribution in [0.3, 0.4) is 0 Å². The maximum Gasteiger partial charge on any atom is 0.337 e. The van der Waals surface area contributed by atoms with Crippen molar-refractivity contribution in [2.75, 3.05) is 12.8 Å². The largest absolute Gasteiger partial charge is 0.465 e. The van der Waals surface area contributed by atoms with Gasteiger partial charge in [-0.05, 0) is 37.1 Å². The lowest BCUT2D eigenvalue weighted by Crippen LogP contribution is -2.04. The maximum absolute atomic E-state index is 11.7. The quantitative estimate of drug-likeness (QED) is 0.707. The lowest BCUT2D eigenvalue weighted by atomic mass is 9.92. The monoisotopic (exact) mass is 357 g/mol. The van der Waals surface area contributed by atoms with E-state index in [2.05, 4.69) is 11.1 Å². The summed E-state index contributed by atoms with van der Waals surface area (Å²) in [4.78, 5) is 16.1. The number of aromatic nitrogens is 1. The average Bonchev–Trinajstić information content (AvgIpc) is 2.69. The van der Waals surface area contributed by atoms with Gasteiger partial charge in [-0.2, -0.15) is 5.26 Å². The van der Waals surface area contributed by atoms with E-state index in [1.807, 2.05) is 38.1 Å². The van der Waals surface area contributed by atoms with E-state index in [1.165, 1.54) is 7.11 Å². The van der Waals surface area contributed by atoms with Crippen molar-refractivity contribution in [2.24, 2.45) is 0 Å². The number of nitriles is 1. The third-order valence-corrected chi connectivity index (χ3v) is 4.50. The van der Waals surface area contributed by atoms with Crippen LogP contribution in [-0.2, 0) is 4.74 Å². The molecule has 0 bridgehead atoms. The number of nitrogens with two attached hydrogens (primary N) is 1. The van der Waals surface area contributed by atoms with Crippen molar-refractivity contribution in [3.63, 3.8) is 0 Å². The summed E-state index contributed by atoms with van der Waals surface area (Å²) in [6, 6.07) is 17.1. The molecule has 1 aromatic heterocycles. The number of carbonyl (C=O) groups excluding carboxylic acids is 1. The van der Waals surface area contributed by atoms with E-state index in [0.29, 0.717) is 11.1 Å². The van der Waals surface area contributed by atoms with Gasteiger partial charge in [-0.25, -0.2) is 9.78 Å². The van der Waals surface area contributed by atoms with Gasteiger partial charge in [0.2, 0.25) is 0 Å². The summed E-state index contributed by atoms with van der Waals surface area (Å²) >= 11 is 0. The predicted molar refractivity (Wildman–Crippen MR) is 105 cm³/mol. The first kappa shape index (κ1) is 18.2. The lowest BCUT2D eigenvalue weighted by Gasteiger charge is -2.15. The molecule has 3 rings (SSSR count). The van der Waals surface area contributed by atoms with Crippen LogP contribution in [0.2, 0.25) is 0 Å². The Bertz CT molecular complexity index is 1050. The molecule has 27 heavy (non-hydrogen) atoms. The van der Waals surface area contributed by atoms with E-state index in [9.17, 15) is 10.1 Å². The molecule has 2 aromatic carbocycles. The summed E-state index contributed by atoms with van der Waals surface area (Å²) in [5.74, 6) is -0.223. The van der Waals surface area contributed by atoms with Crippen LogP contribution in [0.5, 0.6) is 0 Å². The van der Waals surface area contributed by atoms with Gasteiger partial charge in [-0.1, -0.05) is 42.0 Å². The van der Waals surface area contributed by atoms with Gasteiger partial charge in [0.25, 0.3) is 0 Å². The molecule has 134 valence electrons. The number of nitrogens with zero attached hydrogens (tertiary/aromatic N) is 2. The van der Waals surface area contributed by atoms with E-state index < -0.39 is 5.97 Å². The minimum Gasteiger partial charge on any atom is -0.465 e. The Balaban J connectivity index is 2.21. The van der Waals surface area contributed by atoms with Crippen LogP contribution in [0, 0.1) is 25.2 Å². The summed E-state index contributed by atoms with van der Waals surface area (Å²) in [5.41, 5.74) is 12.1. The summed E-state index contributed by atoms with van der Waals surface area (Å²) in [7, 11) is 1.34. The summed E-state index contributed by atoms with van der Waals surface area (Å²) < 4.78 is 4.73. The molecular weight excluding hydrogens is 338 g/mol. The highest BCUT2D eigenvalue weighted by Crippen LogP contribution is 2.35. The van der Waals surface area contributed by atoms with Gasteiger partial charge in [-0.15, -0.1) is 0 Å². The molecule has 0 saturated carbocycles. The highest BCUT2D eigenvalue weighted by atomic mass is 16.5. The van der Waals surface area contributed by atoms with Crippen LogP contribution < -0.4 is 5.73 Å². The molecule has 3 aromatic rings. The molecule has 0 radical (unpaired) electrons. The molecule has 5 nitrogen and oxygen atoms in total. The van der Waals surface area contributed by atoms with Crippen molar-refractivity contribution in [1.82, 2.24) is 4.98 Å². The van der Waals surface area contributed by atoms with Crippen molar-refractivity contribution >= 4 is 11.8 Å². The number of methoxy groups -OCH3 is 1. The number of hydrogen-bond donors (Lipinski definition) is 1. The lowest BCUT2D eigenvalue weighted by molar-refractivity contribution is 0.0601. The fraction of sp³-hybridized carbons (Fsp3) is 0.136. The van der Waals surface area contributed by atoms with Crippen molar-refractivity contribution in [3.05, 3.63) is 70.8 Å². The number of esters is 1. The minimum atomic E-state index is -0.409. The van der Waals surface area contributed by atoms with Crippen LogP contribution in [0.4, 0.5) is 5.82 Å². The van der Waals surface area contributed by atoms with Gasteiger partial charge < -0.3 is 10.5 Å². The molecule has 1 heterocycles. The van der Waals surface area contributed by atoms with Crippen LogP contribution in [0.15, 0.2) is 48.5 Å². The third kappa shape index (κ3) is 3.38. The van der Waals surface area contributed by atoms with Crippen molar-refractivity contribution in [3.8, 4) is 28.5 Å². The predicted octanol–water partition coefficient (Wildman–Crippen LogP) is 4.27. The first-order chi connectivity index (χ1) is 13.0. The number of ether oxygens (including phenoxy) is 1. The molecule has 0 spiro atoms. The molecule has 0 fully saturated rings. The van der Waals surface area contributed by atoms with E-state index in [4.69, 9.17) is 10.5 Å². The number of pyridine rings is 1. The van der Waals surface area contributed by atoms with E-state index in [0.717, 1.165) is 33.5 Å². The van der Waals surface area contributed by atoms with Crippen LogP contribution >= 0.6 is 0 Å². The van der Waals surface area contributed by atoms with Gasteiger partial charge in [0.15, 0.2) is 0 Å². The highest BCUT2D eigenvalue weighted by Gasteiger charge is 2.18. The number of benzene rings is 2. The minimum absolute atomic E-state index is 0.186. The number of rotatable bonds is 3. The van der Waals surface area contributed by atoms with Crippen molar-refractivity contribution < 1.29 is 9.53 Å². The van der Waals surface area contributed by atoms with Crippen LogP contribution in [0.1, 0.15) is 27.0 Å². The smallest absolute Gasteiger partial charge is 0.337 e. The fourth-order valence-electron chi connectivity index (χ4n) is 3.05. The standard InChI is InChI=1S/C22H19N3O2/c1-13-4-6-16(7-5-13)20-14(2)19(18(12-23)21(24)25-20)15-8-10-17(11-9-15)22(26)27-3/h4-11H,1-3H3,(H2,24,25). The fourth-order valence-corrected chi connectivity index (χ4v) is 3.05. The molecule has 5 heteroatoms. The molecule has 0 aliphatic rings. The Morgan fingerprint density at radius 3 is 2.19 bits per heavy atom. The number of hydrogen-bond acceptors (Lipinski definition) is 5. The third-order valence-electron chi connectivity index (χ3n) is 4.50. The molecule has 0 amide bonds. The maximum atomic E-state index is 11.7. The Hall–Kier alpha value is -3.65. The molecule has 0 aliphatic carbocycles. The Kier molecular flexibility index (Phi) is 4.91. The first-order valence-corrected chi connectivity index (χ1v) is 8.42. The zero-order valence-electron chi connectivity index (χ0n) is 15.4. The number of anilines is 1. The highest BCUT2D eigenvalue weighted by molar-refractivity contribution is 5.91. The van der Waals surface area contributed by atoms with Gasteiger partial charge in [0.05, 0.1) is 18.4 Å². The molecule has 0 saturated heterocycles. The van der Waals surface area contributed by atoms with E-state index in [-0.39, 0.29) is 5.82 Å². The second-order valence-corrected chi connectivity index (χ2v) is 6.27. The average molecular weight is 357 g/mol. The zero-order valence-corrected chi connectivity index (χ0v) is 15.4. The van der Waals surface area contributed by atoms with E-state index >= 15 is 0 Å². The van der Waals surface area contributed by atoms with Gasteiger partial charge in [0, 0.05) is 11.1 Å². The summed E-state index contributed by atoms with van der Waals surface area (Å²) in [6.45, 7) is 3.94. The second kappa shape index (κ2) is 7.30. The molecule has 0 aliphatic heterocycles. The van der Waals surface area contributed by atoms with Gasteiger partial charge >= 0.3 is 5.97 Å². The Morgan fingerprint density at radius 1 is 1.04 bits per heavy atom. The number of carbonyl (C=O) groups is 1. The number of aryl methyl sites for hydroxylation is 1. The summed E-state index contributed by atoms with van der Waals surface area (Å²) in [6.07, 6.45) is 0. The normalized spacial score (nSPS) is 10.3. The van der Waals surface area contributed by atoms with Crippen molar-refractivity contribution in [2.45, 2.75) is 13.8 Å². The molecule has 0 atom stereocenters. The SMILES string of the molecule is COC(=O)c1ccc(-c2c(C)c(-c3ccc(C)cc3)nc(N)c2C#N)cc1. The number of nitrogen functional groups attached to an aromatic ring is 1. The Labute approximate surface area is 158 Å². The van der Waals surface area contributed by atoms with Gasteiger partial charge in [0.1, 0.15) is 17.5 Å². The van der Waals surface area contributed by atoms with Crippen LogP contribution in [-0.4, -0.2) is 18.1 Å². The van der Waals surface area contributed by atoms with Crippen molar-refractivity contribution in [1.29, 1.82) is 5.26 Å².